The molecule has 11 heteroatoms. The molecule has 0 saturated carbocycles. The zero-order valence-electron chi connectivity index (χ0n) is 20.5. The molecule has 0 spiro atoms. The molecule has 3 rings (SSSR count). The van der Waals surface area contributed by atoms with E-state index >= 15 is 0 Å². The SMILES string of the molecule is CN(C)CCNCc1ccc(C(=O)Nc2ccc(Cl)cc2N2CCN(CCC(F)(F)F)CC2)c(F)c1. The number of alkyl halides is 3. The summed E-state index contributed by atoms with van der Waals surface area (Å²) < 4.78 is 52.3. The predicted octanol–water partition coefficient (Wildman–Crippen LogP) is 4.46. The van der Waals surface area contributed by atoms with E-state index in [0.29, 0.717) is 49.1 Å². The van der Waals surface area contributed by atoms with Gasteiger partial charge in [-0.25, -0.2) is 4.39 Å². The van der Waals surface area contributed by atoms with Gasteiger partial charge in [-0.3, -0.25) is 9.69 Å². The highest BCUT2D eigenvalue weighted by Crippen LogP contribution is 2.31. The van der Waals surface area contributed by atoms with E-state index in [2.05, 4.69) is 10.6 Å². The molecule has 0 bridgehead atoms. The van der Waals surface area contributed by atoms with Crippen LogP contribution in [-0.4, -0.2) is 81.8 Å². The number of likely N-dealkylation sites (N-methyl/N-ethyl adjacent to an activating group) is 1. The van der Waals surface area contributed by atoms with E-state index < -0.39 is 24.3 Å². The van der Waals surface area contributed by atoms with Crippen LogP contribution in [0.5, 0.6) is 0 Å². The van der Waals surface area contributed by atoms with Gasteiger partial charge in [-0.15, -0.1) is 0 Å². The highest BCUT2D eigenvalue weighted by atomic mass is 35.5. The molecule has 6 nitrogen and oxygen atoms in total. The molecule has 0 aliphatic carbocycles. The first-order valence-electron chi connectivity index (χ1n) is 11.8. The van der Waals surface area contributed by atoms with Gasteiger partial charge in [0.1, 0.15) is 5.82 Å². The number of carbonyl (C=O) groups excluding carboxylic acids is 1. The lowest BCUT2D eigenvalue weighted by Crippen LogP contribution is -2.47. The maximum Gasteiger partial charge on any atom is 0.390 e. The number of rotatable bonds is 10. The smallest absolute Gasteiger partial charge is 0.367 e. The summed E-state index contributed by atoms with van der Waals surface area (Å²) in [7, 11) is 3.94. The summed E-state index contributed by atoms with van der Waals surface area (Å²) in [4.78, 5) is 18.7. The Balaban J connectivity index is 1.63. The van der Waals surface area contributed by atoms with E-state index in [0.717, 1.165) is 18.7 Å². The second-order valence-electron chi connectivity index (χ2n) is 9.10. The van der Waals surface area contributed by atoms with Crippen LogP contribution in [0.15, 0.2) is 36.4 Å². The number of halogens is 5. The van der Waals surface area contributed by atoms with Crippen molar-refractivity contribution in [2.24, 2.45) is 0 Å². The summed E-state index contributed by atoms with van der Waals surface area (Å²) in [6, 6.07) is 9.49. The quantitative estimate of drug-likeness (QED) is 0.352. The van der Waals surface area contributed by atoms with Gasteiger partial charge < -0.3 is 20.4 Å². The molecule has 0 atom stereocenters. The molecule has 0 aromatic heterocycles. The minimum Gasteiger partial charge on any atom is -0.367 e. The molecule has 1 amide bonds. The van der Waals surface area contributed by atoms with Crippen LogP contribution in [0, 0.1) is 5.82 Å². The lowest BCUT2D eigenvalue weighted by Gasteiger charge is -2.37. The van der Waals surface area contributed by atoms with Crippen LogP contribution in [0.2, 0.25) is 5.02 Å². The lowest BCUT2D eigenvalue weighted by atomic mass is 10.1. The summed E-state index contributed by atoms with van der Waals surface area (Å²) >= 11 is 6.19. The number of nitrogens with zero attached hydrogens (tertiary/aromatic N) is 3. The Morgan fingerprint density at radius 3 is 2.44 bits per heavy atom. The van der Waals surface area contributed by atoms with Gasteiger partial charge in [0, 0.05) is 57.4 Å². The average Bonchev–Trinajstić information content (AvgIpc) is 2.81. The first-order chi connectivity index (χ1) is 17.0. The largest absolute Gasteiger partial charge is 0.390 e. The Morgan fingerprint density at radius 1 is 1.08 bits per heavy atom. The Hall–Kier alpha value is -2.40. The first kappa shape index (κ1) is 28.2. The van der Waals surface area contributed by atoms with Crippen LogP contribution in [0.4, 0.5) is 28.9 Å². The Labute approximate surface area is 214 Å². The van der Waals surface area contributed by atoms with Crippen molar-refractivity contribution in [2.45, 2.75) is 19.1 Å². The van der Waals surface area contributed by atoms with E-state index in [1.807, 2.05) is 23.9 Å². The van der Waals surface area contributed by atoms with E-state index in [1.165, 1.54) is 12.1 Å². The summed E-state index contributed by atoms with van der Waals surface area (Å²) in [5.41, 5.74) is 1.76. The van der Waals surface area contributed by atoms with Gasteiger partial charge in [0.15, 0.2) is 0 Å². The van der Waals surface area contributed by atoms with Gasteiger partial charge in [0.25, 0.3) is 5.91 Å². The maximum absolute atomic E-state index is 14.7. The first-order valence-corrected chi connectivity index (χ1v) is 12.2. The Bertz CT molecular complexity index is 1030. The van der Waals surface area contributed by atoms with Crippen LogP contribution < -0.4 is 15.5 Å². The molecule has 2 aromatic carbocycles. The molecule has 36 heavy (non-hydrogen) atoms. The van der Waals surface area contributed by atoms with Crippen molar-refractivity contribution in [1.82, 2.24) is 15.1 Å². The molecule has 1 heterocycles. The van der Waals surface area contributed by atoms with Crippen molar-refractivity contribution >= 4 is 28.9 Å². The van der Waals surface area contributed by atoms with E-state index in [9.17, 15) is 22.4 Å². The standard InChI is InChI=1S/C25H32ClF4N5O/c1-33(2)10-8-31-17-18-3-5-20(21(27)15-18)24(36)32-22-6-4-19(26)16-23(22)35-13-11-34(12-14-35)9-7-25(28,29)30/h3-6,15-16,31H,7-14,17H2,1-2H3,(H,32,36). The topological polar surface area (TPSA) is 50.9 Å². The Kier molecular flexibility index (Phi) is 9.95. The molecule has 2 aromatic rings. The van der Waals surface area contributed by atoms with Crippen LogP contribution in [0.1, 0.15) is 22.3 Å². The normalized spacial score (nSPS) is 14.9. The highest BCUT2D eigenvalue weighted by molar-refractivity contribution is 6.31. The van der Waals surface area contributed by atoms with Crippen molar-refractivity contribution in [3.8, 4) is 0 Å². The summed E-state index contributed by atoms with van der Waals surface area (Å²) in [6.45, 7) is 3.92. The van der Waals surface area contributed by atoms with Gasteiger partial charge in [-0.05, 0) is 50.0 Å². The van der Waals surface area contributed by atoms with E-state index in [1.54, 1.807) is 29.2 Å². The monoisotopic (exact) mass is 529 g/mol. The van der Waals surface area contributed by atoms with Crippen molar-refractivity contribution in [2.75, 3.05) is 70.1 Å². The summed E-state index contributed by atoms with van der Waals surface area (Å²) in [5.74, 6) is -1.21. The van der Waals surface area contributed by atoms with Crippen molar-refractivity contribution in [3.63, 3.8) is 0 Å². The maximum atomic E-state index is 14.7. The molecule has 0 radical (unpaired) electrons. The van der Waals surface area contributed by atoms with Crippen molar-refractivity contribution in [1.29, 1.82) is 0 Å². The van der Waals surface area contributed by atoms with Crippen LogP contribution >= 0.6 is 11.6 Å². The second kappa shape index (κ2) is 12.7. The summed E-state index contributed by atoms with van der Waals surface area (Å²) in [5, 5.41) is 6.46. The zero-order valence-corrected chi connectivity index (χ0v) is 21.2. The number of piperazine rings is 1. The molecular formula is C25H32ClF4N5O. The van der Waals surface area contributed by atoms with Gasteiger partial charge in [-0.2, -0.15) is 13.2 Å². The Morgan fingerprint density at radius 2 is 1.81 bits per heavy atom. The van der Waals surface area contributed by atoms with E-state index in [4.69, 9.17) is 11.6 Å². The number of hydrogen-bond acceptors (Lipinski definition) is 5. The molecule has 2 N–H and O–H groups in total. The van der Waals surface area contributed by atoms with Gasteiger partial charge in [-0.1, -0.05) is 17.7 Å². The highest BCUT2D eigenvalue weighted by Gasteiger charge is 2.29. The average molecular weight is 530 g/mol. The lowest BCUT2D eigenvalue weighted by molar-refractivity contribution is -0.138. The van der Waals surface area contributed by atoms with E-state index in [-0.39, 0.29) is 12.1 Å². The minimum atomic E-state index is -4.18. The molecule has 1 aliphatic heterocycles. The minimum absolute atomic E-state index is 0.0447. The second-order valence-corrected chi connectivity index (χ2v) is 9.54. The van der Waals surface area contributed by atoms with Crippen molar-refractivity contribution in [3.05, 3.63) is 58.4 Å². The third-order valence-corrected chi connectivity index (χ3v) is 6.21. The molecular weight excluding hydrogens is 498 g/mol. The number of nitrogens with one attached hydrogen (secondary N) is 2. The summed E-state index contributed by atoms with van der Waals surface area (Å²) in [6.07, 6.45) is -5.03. The number of amides is 1. The molecule has 198 valence electrons. The van der Waals surface area contributed by atoms with Crippen molar-refractivity contribution < 1.29 is 22.4 Å². The van der Waals surface area contributed by atoms with Crippen LogP contribution in [0.25, 0.3) is 0 Å². The molecule has 1 saturated heterocycles. The fraction of sp³-hybridized carbons (Fsp3) is 0.480. The van der Waals surface area contributed by atoms with Crippen LogP contribution in [-0.2, 0) is 6.54 Å². The third kappa shape index (κ3) is 8.62. The molecule has 1 aliphatic rings. The number of benzene rings is 2. The zero-order chi connectivity index (χ0) is 26.3. The molecule has 0 unspecified atom stereocenters. The number of carbonyl (C=O) groups is 1. The molecule has 1 fully saturated rings. The van der Waals surface area contributed by atoms with Gasteiger partial charge in [0.2, 0.25) is 0 Å². The fourth-order valence-corrected chi connectivity index (χ4v) is 4.11. The number of hydrogen-bond donors (Lipinski definition) is 2. The van der Waals surface area contributed by atoms with Gasteiger partial charge >= 0.3 is 6.18 Å². The fourth-order valence-electron chi connectivity index (χ4n) is 3.95. The predicted molar refractivity (Wildman–Crippen MR) is 135 cm³/mol. The van der Waals surface area contributed by atoms with Gasteiger partial charge in [0.05, 0.1) is 23.4 Å². The number of anilines is 2. The van der Waals surface area contributed by atoms with Crippen LogP contribution in [0.3, 0.4) is 0 Å². The third-order valence-electron chi connectivity index (χ3n) is 5.98.